The summed E-state index contributed by atoms with van der Waals surface area (Å²) in [5.74, 6) is -1.96. The Balaban J connectivity index is 1.53. The normalized spacial score (nSPS) is 51.7. The van der Waals surface area contributed by atoms with Crippen LogP contribution in [0.1, 0.15) is 66.7 Å². The Morgan fingerprint density at radius 1 is 1.19 bits per heavy atom. The van der Waals surface area contributed by atoms with Gasteiger partial charge in [0, 0.05) is 11.8 Å². The predicted octanol–water partition coefficient (Wildman–Crippen LogP) is 3.46. The topological polar surface area (TPSA) is 89.9 Å². The number of esters is 2. The number of fused-ring (bicyclic) bond motifs is 6. The van der Waals surface area contributed by atoms with Crippen LogP contribution < -0.4 is 0 Å². The van der Waals surface area contributed by atoms with Gasteiger partial charge < -0.3 is 14.6 Å². The van der Waals surface area contributed by atoms with Gasteiger partial charge in [-0.15, -0.1) is 0 Å². The summed E-state index contributed by atoms with van der Waals surface area (Å²) in [5.41, 5.74) is -0.394. The highest BCUT2D eigenvalue weighted by molar-refractivity contribution is 6.08. The lowest BCUT2D eigenvalue weighted by Gasteiger charge is -2.58. The fourth-order valence-electron chi connectivity index (χ4n) is 9.03. The lowest BCUT2D eigenvalue weighted by Crippen LogP contribution is -2.57. The van der Waals surface area contributed by atoms with Gasteiger partial charge >= 0.3 is 11.9 Å². The maximum absolute atomic E-state index is 12.8. The zero-order valence-electron chi connectivity index (χ0n) is 19.8. The molecule has 5 aliphatic rings. The molecule has 4 aliphatic carbocycles. The molecule has 4 fully saturated rings. The van der Waals surface area contributed by atoms with Crippen LogP contribution in [0.2, 0.25) is 0 Å². The predicted molar refractivity (Wildman–Crippen MR) is 116 cm³/mol. The standard InChI is InChI=1S/C26H36O6/c1-6-31-23(29)19-17(27)11-14-7-8-15-16(26(5,30)21(14)19)9-10-24(3)20-13(2)22(28)32-18(20)12-25(15,24)4/h11,13,15-16,18-21,30H,6-10,12H2,1-5H3/t13-,15+,16-,18-,19-,20-,21-,24+,25-,26+/m0/s1. The zero-order chi connectivity index (χ0) is 23.2. The summed E-state index contributed by atoms with van der Waals surface area (Å²) in [7, 11) is 0. The fraction of sp³-hybridized carbons (Fsp3) is 0.808. The van der Waals surface area contributed by atoms with Gasteiger partial charge in [-0.1, -0.05) is 26.3 Å². The van der Waals surface area contributed by atoms with Crippen LogP contribution in [-0.4, -0.2) is 41.1 Å². The van der Waals surface area contributed by atoms with E-state index in [4.69, 9.17) is 9.47 Å². The van der Waals surface area contributed by atoms with E-state index in [1.165, 1.54) is 0 Å². The van der Waals surface area contributed by atoms with Crippen molar-refractivity contribution in [2.45, 2.75) is 78.4 Å². The number of allylic oxidation sites excluding steroid dienone is 1. The van der Waals surface area contributed by atoms with Gasteiger partial charge in [-0.05, 0) is 74.7 Å². The van der Waals surface area contributed by atoms with Crippen molar-refractivity contribution in [2.24, 2.45) is 46.3 Å². The van der Waals surface area contributed by atoms with Crippen LogP contribution in [0.4, 0.5) is 0 Å². The summed E-state index contributed by atoms with van der Waals surface area (Å²) in [5, 5.41) is 12.1. The van der Waals surface area contributed by atoms with E-state index in [1.54, 1.807) is 13.0 Å². The van der Waals surface area contributed by atoms with E-state index >= 15 is 0 Å². The number of carbonyl (C=O) groups is 3. The van der Waals surface area contributed by atoms with Gasteiger partial charge in [0.05, 0.1) is 18.1 Å². The van der Waals surface area contributed by atoms with Crippen molar-refractivity contribution < 1.29 is 29.0 Å². The van der Waals surface area contributed by atoms with E-state index in [1.807, 2.05) is 13.8 Å². The SMILES string of the molecule is CCOC(=O)[C@H]1C(=O)C=C2CC[C@@H]3[C@H](CC[C@]4(C)[C@@H]5[C@H](C[C@@]34C)OC(=O)[C@H]5C)[C@@](C)(O)[C@@H]21. The monoisotopic (exact) mass is 444 g/mol. The molecule has 3 saturated carbocycles. The Bertz CT molecular complexity index is 904. The maximum atomic E-state index is 12.8. The second-order valence-corrected chi connectivity index (χ2v) is 11.7. The highest BCUT2D eigenvalue weighted by Crippen LogP contribution is 2.72. The number of aliphatic hydroxyl groups is 1. The Hall–Kier alpha value is -1.69. The first-order chi connectivity index (χ1) is 15.0. The number of hydrogen-bond acceptors (Lipinski definition) is 6. The summed E-state index contributed by atoms with van der Waals surface area (Å²) >= 11 is 0. The Morgan fingerprint density at radius 2 is 1.91 bits per heavy atom. The Labute approximate surface area is 190 Å². The molecule has 0 aromatic carbocycles. The van der Waals surface area contributed by atoms with Gasteiger partial charge in [-0.3, -0.25) is 14.4 Å². The van der Waals surface area contributed by atoms with E-state index in [2.05, 4.69) is 13.8 Å². The van der Waals surface area contributed by atoms with Gasteiger partial charge in [-0.25, -0.2) is 0 Å². The van der Waals surface area contributed by atoms with Crippen LogP contribution in [0.3, 0.4) is 0 Å². The Morgan fingerprint density at radius 3 is 2.59 bits per heavy atom. The number of carbonyl (C=O) groups excluding carboxylic acids is 3. The van der Waals surface area contributed by atoms with Crippen LogP contribution in [0, 0.1) is 46.3 Å². The van der Waals surface area contributed by atoms with Crippen molar-refractivity contribution in [3.63, 3.8) is 0 Å². The van der Waals surface area contributed by atoms with Gasteiger partial charge in [0.1, 0.15) is 12.0 Å². The molecule has 1 heterocycles. The van der Waals surface area contributed by atoms with Gasteiger partial charge in [0.25, 0.3) is 0 Å². The molecule has 32 heavy (non-hydrogen) atoms. The largest absolute Gasteiger partial charge is 0.465 e. The van der Waals surface area contributed by atoms with E-state index in [9.17, 15) is 19.5 Å². The third-order valence-electron chi connectivity index (χ3n) is 10.6. The molecule has 176 valence electrons. The molecular formula is C26H36O6. The molecule has 0 bridgehead atoms. The highest BCUT2D eigenvalue weighted by atomic mass is 16.6. The van der Waals surface area contributed by atoms with Crippen LogP contribution >= 0.6 is 0 Å². The molecule has 0 unspecified atom stereocenters. The van der Waals surface area contributed by atoms with Gasteiger partial charge in [-0.2, -0.15) is 0 Å². The van der Waals surface area contributed by atoms with Crippen LogP contribution in [0.15, 0.2) is 11.6 Å². The molecule has 1 saturated heterocycles. The van der Waals surface area contributed by atoms with Crippen molar-refractivity contribution in [1.82, 2.24) is 0 Å². The minimum atomic E-state index is -1.18. The minimum Gasteiger partial charge on any atom is -0.465 e. The summed E-state index contributed by atoms with van der Waals surface area (Å²) in [6.07, 6.45) is 5.69. The molecule has 5 rings (SSSR count). The van der Waals surface area contributed by atoms with Crippen molar-refractivity contribution in [3.05, 3.63) is 11.6 Å². The third-order valence-corrected chi connectivity index (χ3v) is 10.6. The Kier molecular flexibility index (Phi) is 4.78. The molecule has 0 aromatic heterocycles. The lowest BCUT2D eigenvalue weighted by atomic mass is 9.46. The molecule has 1 N–H and O–H groups in total. The zero-order valence-corrected chi connectivity index (χ0v) is 19.8. The highest BCUT2D eigenvalue weighted by Gasteiger charge is 2.71. The molecule has 1 aliphatic heterocycles. The number of hydrogen-bond donors (Lipinski definition) is 1. The third kappa shape index (κ3) is 2.59. The van der Waals surface area contributed by atoms with Crippen molar-refractivity contribution in [2.75, 3.05) is 6.61 Å². The van der Waals surface area contributed by atoms with Crippen molar-refractivity contribution in [1.29, 1.82) is 0 Å². The van der Waals surface area contributed by atoms with E-state index in [0.29, 0.717) is 6.42 Å². The van der Waals surface area contributed by atoms with Crippen LogP contribution in [0.25, 0.3) is 0 Å². The molecule has 0 spiro atoms. The summed E-state index contributed by atoms with van der Waals surface area (Å²) in [4.78, 5) is 37.8. The van der Waals surface area contributed by atoms with Gasteiger partial charge in [0.15, 0.2) is 5.78 Å². The molecule has 0 aromatic rings. The summed E-state index contributed by atoms with van der Waals surface area (Å²) < 4.78 is 11.1. The minimum absolute atomic E-state index is 0.0239. The molecular weight excluding hydrogens is 408 g/mol. The lowest BCUT2D eigenvalue weighted by molar-refractivity contribution is -0.169. The average molecular weight is 445 g/mol. The quantitative estimate of drug-likeness (QED) is 0.518. The average Bonchev–Trinajstić information content (AvgIpc) is 3.24. The van der Waals surface area contributed by atoms with Crippen LogP contribution in [0.5, 0.6) is 0 Å². The second-order valence-electron chi connectivity index (χ2n) is 11.7. The number of ether oxygens (including phenoxy) is 2. The summed E-state index contributed by atoms with van der Waals surface area (Å²) in [6, 6.07) is 0. The fourth-order valence-corrected chi connectivity index (χ4v) is 9.03. The van der Waals surface area contributed by atoms with Crippen molar-refractivity contribution in [3.8, 4) is 0 Å². The smallest absolute Gasteiger partial charge is 0.317 e. The first-order valence-electron chi connectivity index (χ1n) is 12.3. The second kappa shape index (κ2) is 6.91. The molecule has 6 heteroatoms. The van der Waals surface area contributed by atoms with Gasteiger partial charge in [0.2, 0.25) is 0 Å². The summed E-state index contributed by atoms with van der Waals surface area (Å²) in [6.45, 7) is 10.5. The molecule has 10 atom stereocenters. The molecule has 0 amide bonds. The van der Waals surface area contributed by atoms with Crippen molar-refractivity contribution >= 4 is 17.7 Å². The number of ketones is 1. The molecule has 0 radical (unpaired) electrons. The molecule has 6 nitrogen and oxygen atoms in total. The van der Waals surface area contributed by atoms with E-state index in [-0.39, 0.29) is 59.0 Å². The first-order valence-corrected chi connectivity index (χ1v) is 12.3. The number of rotatable bonds is 2. The first kappa shape index (κ1) is 22.1. The van der Waals surface area contributed by atoms with E-state index < -0.39 is 23.4 Å². The van der Waals surface area contributed by atoms with E-state index in [0.717, 1.165) is 31.3 Å². The maximum Gasteiger partial charge on any atom is 0.317 e. The van der Waals surface area contributed by atoms with Crippen LogP contribution in [-0.2, 0) is 23.9 Å².